The molecule has 2 aromatic heterocycles. The Morgan fingerprint density at radius 2 is 1.72 bits per heavy atom. The molecule has 3 heterocycles. The van der Waals surface area contributed by atoms with E-state index in [-0.39, 0.29) is 0 Å². The first kappa shape index (κ1) is 16.5. The van der Waals surface area contributed by atoms with Crippen molar-refractivity contribution in [1.29, 1.82) is 0 Å². The van der Waals surface area contributed by atoms with Gasteiger partial charge in [0.2, 0.25) is 0 Å². The molecule has 0 spiro atoms. The molecule has 3 aromatic carbocycles. The summed E-state index contributed by atoms with van der Waals surface area (Å²) >= 11 is 0. The van der Waals surface area contributed by atoms with Gasteiger partial charge in [-0.2, -0.15) is 0 Å². The summed E-state index contributed by atoms with van der Waals surface area (Å²) in [5, 5.41) is 14.1. The van der Waals surface area contributed by atoms with Gasteiger partial charge in [0.15, 0.2) is 0 Å². The summed E-state index contributed by atoms with van der Waals surface area (Å²) in [7, 11) is 0. The van der Waals surface area contributed by atoms with Crippen LogP contribution in [0.5, 0.6) is 0 Å². The van der Waals surface area contributed by atoms with Gasteiger partial charge in [0.1, 0.15) is 11.2 Å². The number of benzene rings is 3. The monoisotopic (exact) mass is 380 g/mol. The van der Waals surface area contributed by atoms with Crippen LogP contribution in [-0.2, 0) is 4.74 Å². The predicted octanol–water partition coefficient (Wildman–Crippen LogP) is 4.77. The molecule has 1 fully saturated rings. The van der Waals surface area contributed by atoms with Crippen molar-refractivity contribution in [3.8, 4) is 11.3 Å². The van der Waals surface area contributed by atoms with E-state index in [9.17, 15) is 0 Å². The number of anilines is 1. The molecular formula is C24H20N4O. The van der Waals surface area contributed by atoms with Crippen molar-refractivity contribution in [3.63, 3.8) is 0 Å². The van der Waals surface area contributed by atoms with Crippen LogP contribution in [0.4, 0.5) is 5.69 Å². The van der Waals surface area contributed by atoms with Crippen molar-refractivity contribution in [2.45, 2.75) is 0 Å². The summed E-state index contributed by atoms with van der Waals surface area (Å²) in [6.07, 6.45) is 1.97. The third-order valence-electron chi connectivity index (χ3n) is 5.78. The highest BCUT2D eigenvalue weighted by atomic mass is 16.5. The summed E-state index contributed by atoms with van der Waals surface area (Å²) in [6, 6.07) is 21.3. The molecule has 5 nitrogen and oxygen atoms in total. The highest BCUT2D eigenvalue weighted by molar-refractivity contribution is 6.11. The maximum absolute atomic E-state index is 5.61. The van der Waals surface area contributed by atoms with E-state index in [1.165, 1.54) is 10.8 Å². The van der Waals surface area contributed by atoms with Crippen molar-refractivity contribution < 1.29 is 4.74 Å². The molecule has 0 aliphatic carbocycles. The number of hydrogen-bond acceptors (Lipinski definition) is 4. The van der Waals surface area contributed by atoms with E-state index in [4.69, 9.17) is 14.9 Å². The van der Waals surface area contributed by atoms with Crippen LogP contribution in [-0.4, -0.2) is 41.5 Å². The number of rotatable bonds is 2. The molecule has 0 unspecified atom stereocenters. The zero-order valence-corrected chi connectivity index (χ0v) is 15.9. The fraction of sp³-hybridized carbons (Fsp3) is 0.167. The molecular weight excluding hydrogens is 360 g/mol. The minimum Gasteiger partial charge on any atom is -0.378 e. The standard InChI is InChI=1S/C24H20N4O/c1-2-4-19-16(3-1)5-7-20-23(19)27-26-22(24(20)28-11-13-29-14-12-28)18-6-8-21-17(15-18)9-10-25-21/h1-10,15,25H,11-14H2. The molecule has 29 heavy (non-hydrogen) atoms. The zero-order chi connectivity index (χ0) is 19.2. The fourth-order valence-corrected chi connectivity index (χ4v) is 4.33. The first-order valence-electron chi connectivity index (χ1n) is 9.97. The molecule has 0 saturated carbocycles. The van der Waals surface area contributed by atoms with Crippen LogP contribution < -0.4 is 4.90 Å². The third kappa shape index (κ3) is 2.66. The minimum absolute atomic E-state index is 0.730. The van der Waals surface area contributed by atoms with Crippen molar-refractivity contribution in [2.75, 3.05) is 31.2 Å². The average molecular weight is 380 g/mol. The number of aromatic amines is 1. The maximum Gasteiger partial charge on any atom is 0.117 e. The van der Waals surface area contributed by atoms with Crippen LogP contribution in [0.25, 0.3) is 43.8 Å². The largest absolute Gasteiger partial charge is 0.378 e. The smallest absolute Gasteiger partial charge is 0.117 e. The van der Waals surface area contributed by atoms with E-state index in [0.29, 0.717) is 0 Å². The van der Waals surface area contributed by atoms with Gasteiger partial charge < -0.3 is 14.6 Å². The molecule has 1 N–H and O–H groups in total. The Morgan fingerprint density at radius 3 is 2.66 bits per heavy atom. The Hall–Kier alpha value is -3.44. The molecule has 1 aliphatic heterocycles. The van der Waals surface area contributed by atoms with Crippen LogP contribution in [0.15, 0.2) is 66.9 Å². The van der Waals surface area contributed by atoms with Crippen LogP contribution in [0.3, 0.4) is 0 Å². The lowest BCUT2D eigenvalue weighted by atomic mass is 10.0. The van der Waals surface area contributed by atoms with E-state index in [2.05, 4.69) is 70.5 Å². The van der Waals surface area contributed by atoms with Gasteiger partial charge in [0.25, 0.3) is 0 Å². The lowest BCUT2D eigenvalue weighted by Crippen LogP contribution is -2.36. The van der Waals surface area contributed by atoms with Crippen molar-refractivity contribution >= 4 is 38.3 Å². The Labute approximate surface area is 167 Å². The summed E-state index contributed by atoms with van der Waals surface area (Å²) < 4.78 is 5.61. The second-order valence-corrected chi connectivity index (χ2v) is 7.46. The van der Waals surface area contributed by atoms with Gasteiger partial charge in [0.05, 0.1) is 18.9 Å². The Morgan fingerprint density at radius 1 is 0.828 bits per heavy atom. The first-order chi connectivity index (χ1) is 14.4. The fourth-order valence-electron chi connectivity index (χ4n) is 4.33. The Kier molecular flexibility index (Phi) is 3.74. The molecule has 142 valence electrons. The molecule has 0 amide bonds. The van der Waals surface area contributed by atoms with Gasteiger partial charge in [-0.05, 0) is 29.7 Å². The van der Waals surface area contributed by atoms with E-state index in [1.807, 2.05) is 6.20 Å². The maximum atomic E-state index is 5.61. The van der Waals surface area contributed by atoms with Gasteiger partial charge in [-0.25, -0.2) is 0 Å². The SMILES string of the molecule is c1ccc2c(c1)ccc1c(N3CCOCC3)c(-c3ccc4[nH]ccc4c3)nnc12. The minimum atomic E-state index is 0.730. The van der Waals surface area contributed by atoms with E-state index in [1.54, 1.807) is 0 Å². The summed E-state index contributed by atoms with van der Waals surface area (Å²) in [4.78, 5) is 5.66. The molecule has 0 radical (unpaired) electrons. The number of nitrogens with zero attached hydrogens (tertiary/aromatic N) is 3. The van der Waals surface area contributed by atoms with Crippen molar-refractivity contribution in [2.24, 2.45) is 0 Å². The predicted molar refractivity (Wildman–Crippen MR) is 117 cm³/mol. The average Bonchev–Trinajstić information content (AvgIpc) is 3.26. The van der Waals surface area contributed by atoms with Crippen molar-refractivity contribution in [1.82, 2.24) is 15.2 Å². The Bertz CT molecular complexity index is 1350. The van der Waals surface area contributed by atoms with Crippen molar-refractivity contribution in [3.05, 3.63) is 66.9 Å². The topological polar surface area (TPSA) is 54.0 Å². The molecule has 0 atom stereocenters. The highest BCUT2D eigenvalue weighted by Gasteiger charge is 2.21. The second-order valence-electron chi connectivity index (χ2n) is 7.46. The molecule has 1 aliphatic rings. The number of ether oxygens (including phenoxy) is 1. The first-order valence-corrected chi connectivity index (χ1v) is 9.97. The summed E-state index contributed by atoms with van der Waals surface area (Å²) in [5.41, 5.74) is 5.25. The van der Waals surface area contributed by atoms with E-state index >= 15 is 0 Å². The zero-order valence-electron chi connectivity index (χ0n) is 15.9. The van der Waals surface area contributed by atoms with Gasteiger partial charge in [0, 0.05) is 46.5 Å². The molecule has 5 heteroatoms. The van der Waals surface area contributed by atoms with Gasteiger partial charge in [-0.3, -0.25) is 0 Å². The van der Waals surface area contributed by atoms with Crippen LogP contribution in [0, 0.1) is 0 Å². The number of morpholine rings is 1. The van der Waals surface area contributed by atoms with E-state index in [0.717, 1.165) is 65.1 Å². The highest BCUT2D eigenvalue weighted by Crippen LogP contribution is 2.38. The molecule has 0 bridgehead atoms. The van der Waals surface area contributed by atoms with Crippen LogP contribution >= 0.6 is 0 Å². The number of hydrogen-bond donors (Lipinski definition) is 1. The quantitative estimate of drug-likeness (QED) is 0.448. The summed E-state index contributed by atoms with van der Waals surface area (Å²) in [6.45, 7) is 3.17. The lowest BCUT2D eigenvalue weighted by Gasteiger charge is -2.31. The number of fused-ring (bicyclic) bond motifs is 4. The summed E-state index contributed by atoms with van der Waals surface area (Å²) in [5.74, 6) is 0. The van der Waals surface area contributed by atoms with Crippen LogP contribution in [0.1, 0.15) is 0 Å². The van der Waals surface area contributed by atoms with E-state index < -0.39 is 0 Å². The van der Waals surface area contributed by atoms with Gasteiger partial charge in [-0.1, -0.05) is 36.4 Å². The normalized spacial score (nSPS) is 14.8. The number of nitrogens with one attached hydrogen (secondary N) is 1. The molecule has 1 saturated heterocycles. The van der Waals surface area contributed by atoms with Gasteiger partial charge >= 0.3 is 0 Å². The molecule has 6 rings (SSSR count). The molecule has 5 aromatic rings. The van der Waals surface area contributed by atoms with Gasteiger partial charge in [-0.15, -0.1) is 10.2 Å². The number of H-pyrrole nitrogens is 1. The van der Waals surface area contributed by atoms with Crippen LogP contribution in [0.2, 0.25) is 0 Å². The number of aromatic nitrogens is 3. The lowest BCUT2D eigenvalue weighted by molar-refractivity contribution is 0.123. The second kappa shape index (κ2) is 6.57. The third-order valence-corrected chi connectivity index (χ3v) is 5.78. The Balaban J connectivity index is 1.65.